The zero-order chi connectivity index (χ0) is 14.5. The van der Waals surface area contributed by atoms with Crippen molar-refractivity contribution in [2.24, 2.45) is 0 Å². The quantitative estimate of drug-likeness (QED) is 0.869. The van der Waals surface area contributed by atoms with Crippen molar-refractivity contribution in [3.05, 3.63) is 53.7 Å². The van der Waals surface area contributed by atoms with Crippen LogP contribution in [0.2, 0.25) is 0 Å². The molecule has 1 aromatic heterocycles. The number of halogens is 1. The highest BCUT2D eigenvalue weighted by Gasteiger charge is 2.11. The van der Waals surface area contributed by atoms with Crippen molar-refractivity contribution in [3.8, 4) is 0 Å². The van der Waals surface area contributed by atoms with Gasteiger partial charge < -0.3 is 10.1 Å². The molecule has 0 aliphatic heterocycles. The van der Waals surface area contributed by atoms with E-state index in [1.165, 1.54) is 31.6 Å². The Hall–Kier alpha value is -2.50. The van der Waals surface area contributed by atoms with Crippen LogP contribution < -0.4 is 5.32 Å². The largest absolute Gasteiger partial charge is 0.464 e. The van der Waals surface area contributed by atoms with E-state index >= 15 is 0 Å². The first-order valence-corrected chi connectivity index (χ1v) is 6.02. The molecule has 0 bridgehead atoms. The highest BCUT2D eigenvalue weighted by molar-refractivity contribution is 5.87. The van der Waals surface area contributed by atoms with Crippen molar-refractivity contribution >= 4 is 11.8 Å². The molecule has 0 spiro atoms. The van der Waals surface area contributed by atoms with E-state index < -0.39 is 5.97 Å². The number of hydrogen-bond donors (Lipinski definition) is 1. The van der Waals surface area contributed by atoms with Crippen LogP contribution >= 0.6 is 0 Å². The van der Waals surface area contributed by atoms with Crippen LogP contribution in [0.3, 0.4) is 0 Å². The Kier molecular flexibility index (Phi) is 4.24. The highest BCUT2D eigenvalue weighted by atomic mass is 19.1. The average Bonchev–Trinajstić information content (AvgIpc) is 2.46. The summed E-state index contributed by atoms with van der Waals surface area (Å²) >= 11 is 0. The molecule has 0 fully saturated rings. The van der Waals surface area contributed by atoms with Crippen molar-refractivity contribution in [1.29, 1.82) is 0 Å². The van der Waals surface area contributed by atoms with Gasteiger partial charge in [0.05, 0.1) is 25.5 Å². The molecule has 0 saturated carbocycles. The van der Waals surface area contributed by atoms with E-state index in [1.54, 1.807) is 12.1 Å². The van der Waals surface area contributed by atoms with Gasteiger partial charge in [-0.05, 0) is 24.6 Å². The van der Waals surface area contributed by atoms with E-state index in [0.29, 0.717) is 5.82 Å². The van der Waals surface area contributed by atoms with Crippen LogP contribution in [0.4, 0.5) is 10.2 Å². The number of rotatable bonds is 4. The number of esters is 1. The highest BCUT2D eigenvalue weighted by Crippen LogP contribution is 2.18. The second-order valence-corrected chi connectivity index (χ2v) is 4.20. The maximum atomic E-state index is 13.2. The fourth-order valence-electron chi connectivity index (χ4n) is 1.72. The Morgan fingerprint density at radius 2 is 2.20 bits per heavy atom. The average molecular weight is 275 g/mol. The Morgan fingerprint density at radius 3 is 2.90 bits per heavy atom. The van der Waals surface area contributed by atoms with Gasteiger partial charge in [-0.15, -0.1) is 0 Å². The molecule has 5 nitrogen and oxygen atoms in total. The van der Waals surface area contributed by atoms with Crippen LogP contribution in [-0.4, -0.2) is 23.0 Å². The number of hydrogen-bond acceptors (Lipinski definition) is 5. The second-order valence-electron chi connectivity index (χ2n) is 4.20. The summed E-state index contributed by atoms with van der Waals surface area (Å²) in [4.78, 5) is 19.4. The lowest BCUT2D eigenvalue weighted by atomic mass is 10.1. The Morgan fingerprint density at radius 1 is 1.40 bits per heavy atom. The third kappa shape index (κ3) is 3.28. The summed E-state index contributed by atoms with van der Waals surface area (Å²) in [5, 5.41) is 3.06. The van der Waals surface area contributed by atoms with Crippen LogP contribution in [0.5, 0.6) is 0 Å². The van der Waals surface area contributed by atoms with E-state index in [4.69, 9.17) is 0 Å². The number of aromatic nitrogens is 2. The number of ether oxygens (including phenoxy) is 1. The van der Waals surface area contributed by atoms with Gasteiger partial charge in [-0.1, -0.05) is 12.1 Å². The molecule has 0 aliphatic rings. The maximum Gasteiger partial charge on any atom is 0.358 e. The van der Waals surface area contributed by atoms with E-state index in [-0.39, 0.29) is 17.6 Å². The third-order valence-corrected chi connectivity index (χ3v) is 2.74. The van der Waals surface area contributed by atoms with Crippen molar-refractivity contribution in [2.75, 3.05) is 12.4 Å². The molecule has 2 aromatic rings. The Labute approximate surface area is 115 Å². The topological polar surface area (TPSA) is 64.1 Å². The molecule has 1 aromatic carbocycles. The van der Waals surface area contributed by atoms with Crippen molar-refractivity contribution in [3.63, 3.8) is 0 Å². The normalized spacial score (nSPS) is 11.8. The number of carbonyl (C=O) groups is 1. The predicted octanol–water partition coefficient (Wildman–Crippen LogP) is 2.58. The summed E-state index contributed by atoms with van der Waals surface area (Å²) in [6.45, 7) is 1.86. The van der Waals surface area contributed by atoms with Gasteiger partial charge in [0, 0.05) is 0 Å². The first-order valence-electron chi connectivity index (χ1n) is 6.02. The SMILES string of the molecule is COC(=O)c1cncc(NC(C)c2cccc(F)c2)n1. The number of benzene rings is 1. The van der Waals surface area contributed by atoms with Gasteiger partial charge in [0.15, 0.2) is 5.69 Å². The van der Waals surface area contributed by atoms with Crippen LogP contribution in [0.15, 0.2) is 36.7 Å². The molecule has 0 amide bonds. The van der Waals surface area contributed by atoms with E-state index in [0.717, 1.165) is 5.56 Å². The fraction of sp³-hybridized carbons (Fsp3) is 0.214. The second kappa shape index (κ2) is 6.10. The molecule has 6 heteroatoms. The molecule has 1 N–H and O–H groups in total. The zero-order valence-corrected chi connectivity index (χ0v) is 11.1. The van der Waals surface area contributed by atoms with Crippen molar-refractivity contribution < 1.29 is 13.9 Å². The van der Waals surface area contributed by atoms with Gasteiger partial charge in [-0.2, -0.15) is 0 Å². The summed E-state index contributed by atoms with van der Waals surface area (Å²) in [5.74, 6) is -0.435. The summed E-state index contributed by atoms with van der Waals surface area (Å²) in [7, 11) is 1.28. The fourth-order valence-corrected chi connectivity index (χ4v) is 1.72. The molecule has 0 saturated heterocycles. The molecule has 1 heterocycles. The molecular formula is C14H14FN3O2. The van der Waals surface area contributed by atoms with Crippen LogP contribution in [0, 0.1) is 5.82 Å². The molecule has 104 valence electrons. The van der Waals surface area contributed by atoms with Gasteiger partial charge in [-0.25, -0.2) is 14.2 Å². The minimum Gasteiger partial charge on any atom is -0.464 e. The molecule has 1 unspecified atom stereocenters. The van der Waals surface area contributed by atoms with Crippen molar-refractivity contribution in [2.45, 2.75) is 13.0 Å². The van der Waals surface area contributed by atoms with E-state index in [2.05, 4.69) is 20.0 Å². The van der Waals surface area contributed by atoms with Crippen LogP contribution in [0.25, 0.3) is 0 Å². The standard InChI is InChI=1S/C14H14FN3O2/c1-9(10-4-3-5-11(15)6-10)17-13-8-16-7-12(18-13)14(19)20-2/h3-9H,1-2H3,(H,17,18). The minimum absolute atomic E-state index is 0.115. The predicted molar refractivity (Wildman–Crippen MR) is 71.8 cm³/mol. The maximum absolute atomic E-state index is 13.2. The zero-order valence-electron chi connectivity index (χ0n) is 11.1. The lowest BCUT2D eigenvalue weighted by Gasteiger charge is -2.15. The summed E-state index contributed by atoms with van der Waals surface area (Å²) in [6.07, 6.45) is 2.81. The Bertz CT molecular complexity index is 619. The van der Waals surface area contributed by atoms with Gasteiger partial charge >= 0.3 is 5.97 Å². The number of methoxy groups -OCH3 is 1. The molecule has 0 aliphatic carbocycles. The van der Waals surface area contributed by atoms with E-state index in [9.17, 15) is 9.18 Å². The molecule has 20 heavy (non-hydrogen) atoms. The summed E-state index contributed by atoms with van der Waals surface area (Å²) in [6, 6.07) is 6.09. The van der Waals surface area contributed by atoms with Gasteiger partial charge in [-0.3, -0.25) is 4.98 Å². The minimum atomic E-state index is -0.556. The first kappa shape index (κ1) is 13.9. The van der Waals surface area contributed by atoms with E-state index in [1.807, 2.05) is 6.92 Å². The van der Waals surface area contributed by atoms with Gasteiger partial charge in [0.1, 0.15) is 11.6 Å². The molecule has 1 atom stereocenters. The molecular weight excluding hydrogens is 261 g/mol. The molecule has 0 radical (unpaired) electrons. The van der Waals surface area contributed by atoms with Crippen LogP contribution in [-0.2, 0) is 4.74 Å². The third-order valence-electron chi connectivity index (χ3n) is 2.74. The number of nitrogens with zero attached hydrogens (tertiary/aromatic N) is 2. The summed E-state index contributed by atoms with van der Waals surface area (Å²) in [5.41, 5.74) is 0.888. The number of nitrogens with one attached hydrogen (secondary N) is 1. The lowest BCUT2D eigenvalue weighted by molar-refractivity contribution is 0.0593. The lowest BCUT2D eigenvalue weighted by Crippen LogP contribution is -2.11. The first-order chi connectivity index (χ1) is 9.60. The van der Waals surface area contributed by atoms with Gasteiger partial charge in [0.25, 0.3) is 0 Å². The smallest absolute Gasteiger partial charge is 0.358 e. The number of anilines is 1. The Balaban J connectivity index is 2.15. The van der Waals surface area contributed by atoms with Gasteiger partial charge in [0.2, 0.25) is 0 Å². The number of carbonyl (C=O) groups excluding carboxylic acids is 1. The molecule has 2 rings (SSSR count). The van der Waals surface area contributed by atoms with Crippen LogP contribution in [0.1, 0.15) is 29.0 Å². The summed E-state index contributed by atoms with van der Waals surface area (Å²) < 4.78 is 17.7. The monoisotopic (exact) mass is 275 g/mol. The van der Waals surface area contributed by atoms with Crippen molar-refractivity contribution in [1.82, 2.24) is 9.97 Å².